The summed E-state index contributed by atoms with van der Waals surface area (Å²) in [4.78, 5) is 11.3. The summed E-state index contributed by atoms with van der Waals surface area (Å²) in [5, 5.41) is 2.97. The molecule has 0 heterocycles. The Morgan fingerprint density at radius 1 is 1.58 bits per heavy atom. The number of amides is 1. The third-order valence-electron chi connectivity index (χ3n) is 2.48. The van der Waals surface area contributed by atoms with Crippen LogP contribution in [0, 0.1) is 0 Å². The smallest absolute Gasteiger partial charge is 0.237 e. The molecular formula is C9H18N2O. The van der Waals surface area contributed by atoms with Crippen LogP contribution in [0.2, 0.25) is 0 Å². The predicted molar refractivity (Wildman–Crippen MR) is 48.7 cm³/mol. The maximum Gasteiger partial charge on any atom is 0.237 e. The van der Waals surface area contributed by atoms with Crippen LogP contribution in [0.5, 0.6) is 0 Å². The zero-order chi connectivity index (χ0) is 8.97. The van der Waals surface area contributed by atoms with Gasteiger partial charge in [-0.25, -0.2) is 0 Å². The number of carbonyl (C=O) groups excluding carboxylic acids is 1. The van der Waals surface area contributed by atoms with E-state index >= 15 is 0 Å². The first kappa shape index (κ1) is 9.52. The molecule has 0 unspecified atom stereocenters. The molecule has 0 bridgehead atoms. The maximum atomic E-state index is 11.3. The Kier molecular flexibility index (Phi) is 3.53. The summed E-state index contributed by atoms with van der Waals surface area (Å²) in [7, 11) is 0. The monoisotopic (exact) mass is 170 g/mol. The van der Waals surface area contributed by atoms with Crippen molar-refractivity contribution in [1.29, 1.82) is 0 Å². The fourth-order valence-electron chi connectivity index (χ4n) is 1.56. The van der Waals surface area contributed by atoms with Crippen molar-refractivity contribution in [3.63, 3.8) is 0 Å². The summed E-state index contributed by atoms with van der Waals surface area (Å²) in [5.74, 6) is 0.0180. The topological polar surface area (TPSA) is 55.1 Å². The van der Waals surface area contributed by atoms with E-state index in [1.54, 1.807) is 0 Å². The quantitative estimate of drug-likeness (QED) is 0.657. The van der Waals surface area contributed by atoms with Gasteiger partial charge in [0.2, 0.25) is 5.91 Å². The molecule has 1 rings (SSSR count). The molecule has 0 aliphatic heterocycles. The summed E-state index contributed by atoms with van der Waals surface area (Å²) >= 11 is 0. The first-order chi connectivity index (χ1) is 5.74. The van der Waals surface area contributed by atoms with Crippen molar-refractivity contribution in [3.05, 3.63) is 0 Å². The van der Waals surface area contributed by atoms with E-state index in [9.17, 15) is 4.79 Å². The van der Waals surface area contributed by atoms with Gasteiger partial charge >= 0.3 is 0 Å². The van der Waals surface area contributed by atoms with Gasteiger partial charge in [-0.05, 0) is 19.3 Å². The van der Waals surface area contributed by atoms with Gasteiger partial charge in [-0.1, -0.05) is 19.8 Å². The first-order valence-electron chi connectivity index (χ1n) is 4.80. The Hall–Kier alpha value is -0.570. The molecule has 1 aliphatic carbocycles. The van der Waals surface area contributed by atoms with Crippen LogP contribution in [0.3, 0.4) is 0 Å². The van der Waals surface area contributed by atoms with Crippen LogP contribution < -0.4 is 11.1 Å². The van der Waals surface area contributed by atoms with Gasteiger partial charge in [0.15, 0.2) is 0 Å². The maximum absolute atomic E-state index is 11.3. The molecule has 1 saturated carbocycles. The molecule has 1 amide bonds. The van der Waals surface area contributed by atoms with Gasteiger partial charge in [0.1, 0.15) is 0 Å². The molecule has 0 saturated heterocycles. The second-order valence-electron chi connectivity index (χ2n) is 3.50. The van der Waals surface area contributed by atoms with Crippen molar-refractivity contribution in [2.24, 2.45) is 5.73 Å². The standard InChI is InChI=1S/C9H18N2O/c1-2-8(10)9(12)11-7-5-3-4-6-7/h7-8H,2-6,10H2,1H3,(H,11,12)/t8-/m1/s1. The van der Waals surface area contributed by atoms with Crippen LogP contribution in [0.15, 0.2) is 0 Å². The Morgan fingerprint density at radius 3 is 2.67 bits per heavy atom. The highest BCUT2D eigenvalue weighted by Crippen LogP contribution is 2.17. The van der Waals surface area contributed by atoms with Crippen molar-refractivity contribution in [3.8, 4) is 0 Å². The summed E-state index contributed by atoms with van der Waals surface area (Å²) in [5.41, 5.74) is 5.58. The van der Waals surface area contributed by atoms with Crippen LogP contribution >= 0.6 is 0 Å². The highest BCUT2D eigenvalue weighted by molar-refractivity contribution is 5.81. The van der Waals surface area contributed by atoms with Crippen LogP contribution in [-0.2, 0) is 4.79 Å². The summed E-state index contributed by atoms with van der Waals surface area (Å²) in [6.45, 7) is 1.93. The van der Waals surface area contributed by atoms with Gasteiger partial charge in [0.25, 0.3) is 0 Å². The molecule has 0 aromatic carbocycles. The number of rotatable bonds is 3. The van der Waals surface area contributed by atoms with E-state index in [1.165, 1.54) is 12.8 Å². The van der Waals surface area contributed by atoms with E-state index in [2.05, 4.69) is 5.32 Å². The van der Waals surface area contributed by atoms with Crippen LogP contribution in [0.4, 0.5) is 0 Å². The van der Waals surface area contributed by atoms with E-state index in [0.29, 0.717) is 6.04 Å². The van der Waals surface area contributed by atoms with Crippen LogP contribution in [0.1, 0.15) is 39.0 Å². The second-order valence-corrected chi connectivity index (χ2v) is 3.50. The third-order valence-corrected chi connectivity index (χ3v) is 2.48. The zero-order valence-corrected chi connectivity index (χ0v) is 7.68. The van der Waals surface area contributed by atoms with Crippen LogP contribution in [-0.4, -0.2) is 18.0 Å². The highest BCUT2D eigenvalue weighted by Gasteiger charge is 2.19. The van der Waals surface area contributed by atoms with Gasteiger partial charge in [0, 0.05) is 6.04 Å². The molecule has 0 spiro atoms. The summed E-state index contributed by atoms with van der Waals surface area (Å²) in [6.07, 6.45) is 5.46. The third kappa shape index (κ3) is 2.48. The molecule has 0 radical (unpaired) electrons. The Labute approximate surface area is 73.7 Å². The normalized spacial score (nSPS) is 20.8. The Balaban J connectivity index is 2.25. The first-order valence-corrected chi connectivity index (χ1v) is 4.80. The lowest BCUT2D eigenvalue weighted by Crippen LogP contribution is -2.44. The lowest BCUT2D eigenvalue weighted by molar-refractivity contribution is -0.123. The second kappa shape index (κ2) is 4.45. The minimum absolute atomic E-state index is 0.0180. The van der Waals surface area contributed by atoms with Crippen molar-refractivity contribution in [2.45, 2.75) is 51.1 Å². The number of nitrogens with one attached hydrogen (secondary N) is 1. The average molecular weight is 170 g/mol. The SMILES string of the molecule is CC[C@@H](N)C(=O)NC1CCCC1. The number of carbonyl (C=O) groups is 1. The molecule has 3 nitrogen and oxygen atoms in total. The zero-order valence-electron chi connectivity index (χ0n) is 7.68. The van der Waals surface area contributed by atoms with Crippen molar-refractivity contribution in [1.82, 2.24) is 5.32 Å². The van der Waals surface area contributed by atoms with Gasteiger partial charge in [-0.3, -0.25) is 4.79 Å². The molecule has 3 heteroatoms. The molecule has 0 aromatic heterocycles. The predicted octanol–water partition coefficient (Wildman–Crippen LogP) is 0.782. The molecular weight excluding hydrogens is 152 g/mol. The minimum Gasteiger partial charge on any atom is -0.352 e. The number of hydrogen-bond donors (Lipinski definition) is 2. The minimum atomic E-state index is -0.314. The molecule has 70 valence electrons. The Morgan fingerprint density at radius 2 is 2.17 bits per heavy atom. The molecule has 1 aliphatic rings. The molecule has 1 atom stereocenters. The van der Waals surface area contributed by atoms with Gasteiger partial charge in [0.05, 0.1) is 6.04 Å². The molecule has 0 aromatic rings. The fraction of sp³-hybridized carbons (Fsp3) is 0.889. The van der Waals surface area contributed by atoms with E-state index < -0.39 is 0 Å². The lowest BCUT2D eigenvalue weighted by atomic mass is 10.2. The van der Waals surface area contributed by atoms with Gasteiger partial charge in [-0.15, -0.1) is 0 Å². The average Bonchev–Trinajstić information content (AvgIpc) is 2.55. The van der Waals surface area contributed by atoms with E-state index in [1.807, 2.05) is 6.92 Å². The lowest BCUT2D eigenvalue weighted by Gasteiger charge is -2.14. The largest absolute Gasteiger partial charge is 0.352 e. The molecule has 3 N–H and O–H groups in total. The van der Waals surface area contributed by atoms with Gasteiger partial charge in [-0.2, -0.15) is 0 Å². The van der Waals surface area contributed by atoms with E-state index in [0.717, 1.165) is 19.3 Å². The Bertz CT molecular complexity index is 153. The number of hydrogen-bond acceptors (Lipinski definition) is 2. The number of nitrogens with two attached hydrogens (primary N) is 1. The summed E-state index contributed by atoms with van der Waals surface area (Å²) in [6, 6.07) is 0.0840. The summed E-state index contributed by atoms with van der Waals surface area (Å²) < 4.78 is 0. The fourth-order valence-corrected chi connectivity index (χ4v) is 1.56. The highest BCUT2D eigenvalue weighted by atomic mass is 16.2. The molecule has 1 fully saturated rings. The van der Waals surface area contributed by atoms with Gasteiger partial charge < -0.3 is 11.1 Å². The van der Waals surface area contributed by atoms with Crippen LogP contribution in [0.25, 0.3) is 0 Å². The van der Waals surface area contributed by atoms with Crippen molar-refractivity contribution < 1.29 is 4.79 Å². The van der Waals surface area contributed by atoms with Crippen molar-refractivity contribution in [2.75, 3.05) is 0 Å². The van der Waals surface area contributed by atoms with E-state index in [-0.39, 0.29) is 11.9 Å². The van der Waals surface area contributed by atoms with Crippen molar-refractivity contribution >= 4 is 5.91 Å². The van der Waals surface area contributed by atoms with E-state index in [4.69, 9.17) is 5.73 Å². The molecule has 12 heavy (non-hydrogen) atoms.